The Hall–Kier alpha value is -1.53. The van der Waals surface area contributed by atoms with Crippen LogP contribution < -0.4 is 5.43 Å². The molecule has 0 radical (unpaired) electrons. The summed E-state index contributed by atoms with van der Waals surface area (Å²) in [6.45, 7) is 8.30. The molecule has 0 aromatic heterocycles. The molecular weight excluding hydrogens is 198 g/mol. The van der Waals surface area contributed by atoms with Crippen molar-refractivity contribution in [2.75, 3.05) is 18.5 Å². The van der Waals surface area contributed by atoms with Gasteiger partial charge >= 0.3 is 0 Å². The molecule has 0 saturated heterocycles. The Labute approximate surface area is 97.7 Å². The van der Waals surface area contributed by atoms with Crippen LogP contribution in [0.1, 0.15) is 31.4 Å². The van der Waals surface area contributed by atoms with Crippen LogP contribution in [0.2, 0.25) is 0 Å². The van der Waals surface area contributed by atoms with Gasteiger partial charge in [0.25, 0.3) is 0 Å². The van der Waals surface area contributed by atoms with E-state index in [4.69, 9.17) is 5.26 Å². The molecule has 0 fully saturated rings. The van der Waals surface area contributed by atoms with Crippen LogP contribution in [0.3, 0.4) is 0 Å². The second-order valence-electron chi connectivity index (χ2n) is 3.83. The average Bonchev–Trinajstić information content (AvgIpc) is 2.30. The Morgan fingerprint density at radius 2 is 2.12 bits per heavy atom. The van der Waals surface area contributed by atoms with Crippen molar-refractivity contribution in [3.63, 3.8) is 0 Å². The van der Waals surface area contributed by atoms with Gasteiger partial charge in [-0.05, 0) is 37.1 Å². The second-order valence-corrected chi connectivity index (χ2v) is 3.83. The first kappa shape index (κ1) is 12.5. The number of benzene rings is 1. The van der Waals surface area contributed by atoms with Crippen LogP contribution >= 0.6 is 0 Å². The summed E-state index contributed by atoms with van der Waals surface area (Å²) in [5.41, 5.74) is 6.27. The number of hydrogen-bond acceptors (Lipinski definition) is 3. The summed E-state index contributed by atoms with van der Waals surface area (Å²) < 4.78 is 0. The largest absolute Gasteiger partial charge is 0.319 e. The summed E-state index contributed by atoms with van der Waals surface area (Å²) in [7, 11) is 0. The molecule has 0 saturated carbocycles. The number of anilines is 1. The van der Waals surface area contributed by atoms with Crippen molar-refractivity contribution in [2.45, 2.75) is 27.2 Å². The average molecular weight is 217 g/mol. The lowest BCUT2D eigenvalue weighted by Gasteiger charge is -2.23. The maximum atomic E-state index is 8.78. The Kier molecular flexibility index (Phi) is 4.81. The number of aryl methyl sites for hydroxylation is 1. The number of nitrogens with zero attached hydrogens (tertiary/aromatic N) is 2. The molecule has 16 heavy (non-hydrogen) atoms. The number of hydrogen-bond donors (Lipinski definition) is 1. The normalized spacial score (nSPS) is 10.2. The van der Waals surface area contributed by atoms with Gasteiger partial charge in [0.15, 0.2) is 0 Å². The summed E-state index contributed by atoms with van der Waals surface area (Å²) >= 11 is 0. The monoisotopic (exact) mass is 217 g/mol. The Balaban J connectivity index is 2.77. The molecule has 0 spiro atoms. The fraction of sp³-hybridized carbons (Fsp3) is 0.462. The van der Waals surface area contributed by atoms with Crippen molar-refractivity contribution in [1.82, 2.24) is 5.01 Å². The van der Waals surface area contributed by atoms with E-state index in [1.807, 2.05) is 25.1 Å². The van der Waals surface area contributed by atoms with Crippen molar-refractivity contribution in [3.05, 3.63) is 29.3 Å². The smallest absolute Gasteiger partial charge is 0.0991 e. The zero-order valence-electron chi connectivity index (χ0n) is 10.2. The van der Waals surface area contributed by atoms with E-state index >= 15 is 0 Å². The van der Waals surface area contributed by atoms with Crippen LogP contribution in [0.4, 0.5) is 5.69 Å². The SMILES string of the molecule is CCCN(CC)Nc1ccc(C#N)cc1C. The highest BCUT2D eigenvalue weighted by molar-refractivity contribution is 5.53. The summed E-state index contributed by atoms with van der Waals surface area (Å²) in [5, 5.41) is 11.0. The van der Waals surface area contributed by atoms with Gasteiger partial charge in [-0.1, -0.05) is 13.8 Å². The van der Waals surface area contributed by atoms with E-state index in [9.17, 15) is 0 Å². The molecule has 0 atom stereocenters. The molecule has 1 aromatic rings. The van der Waals surface area contributed by atoms with Gasteiger partial charge in [-0.25, -0.2) is 5.01 Å². The molecule has 1 N–H and O–H groups in total. The summed E-state index contributed by atoms with van der Waals surface area (Å²) in [5.74, 6) is 0. The number of nitrogens with one attached hydrogen (secondary N) is 1. The molecule has 1 rings (SSSR count). The van der Waals surface area contributed by atoms with Crippen LogP contribution in [0.15, 0.2) is 18.2 Å². The first-order chi connectivity index (χ1) is 7.71. The van der Waals surface area contributed by atoms with Gasteiger partial charge < -0.3 is 5.43 Å². The summed E-state index contributed by atoms with van der Waals surface area (Å²) in [4.78, 5) is 0. The zero-order valence-corrected chi connectivity index (χ0v) is 10.2. The molecule has 0 amide bonds. The Bertz CT molecular complexity index is 379. The van der Waals surface area contributed by atoms with Crippen LogP contribution in [-0.4, -0.2) is 18.1 Å². The van der Waals surface area contributed by atoms with E-state index < -0.39 is 0 Å². The number of rotatable bonds is 5. The fourth-order valence-electron chi connectivity index (χ4n) is 1.59. The van der Waals surface area contributed by atoms with Crippen molar-refractivity contribution in [3.8, 4) is 6.07 Å². The molecule has 0 aliphatic rings. The molecule has 0 heterocycles. The first-order valence-electron chi connectivity index (χ1n) is 5.73. The van der Waals surface area contributed by atoms with E-state index in [2.05, 4.69) is 30.4 Å². The maximum absolute atomic E-state index is 8.78. The lowest BCUT2D eigenvalue weighted by Crippen LogP contribution is -2.30. The van der Waals surface area contributed by atoms with Gasteiger partial charge in [-0.2, -0.15) is 5.26 Å². The fourth-order valence-corrected chi connectivity index (χ4v) is 1.59. The molecule has 3 heteroatoms. The highest BCUT2D eigenvalue weighted by atomic mass is 15.5. The third-order valence-corrected chi connectivity index (χ3v) is 2.51. The number of hydrazine groups is 1. The highest BCUT2D eigenvalue weighted by Crippen LogP contribution is 2.16. The van der Waals surface area contributed by atoms with Gasteiger partial charge in [0.2, 0.25) is 0 Å². The maximum Gasteiger partial charge on any atom is 0.0991 e. The lowest BCUT2D eigenvalue weighted by atomic mass is 10.1. The predicted octanol–water partition coefficient (Wildman–Crippen LogP) is 2.93. The molecule has 1 aromatic carbocycles. The Morgan fingerprint density at radius 3 is 2.62 bits per heavy atom. The van der Waals surface area contributed by atoms with Gasteiger partial charge in [-0.15, -0.1) is 0 Å². The van der Waals surface area contributed by atoms with Crippen molar-refractivity contribution in [2.24, 2.45) is 0 Å². The predicted molar refractivity (Wildman–Crippen MR) is 67.1 cm³/mol. The molecule has 0 aliphatic heterocycles. The van der Waals surface area contributed by atoms with Crippen LogP contribution in [0, 0.1) is 18.3 Å². The highest BCUT2D eigenvalue weighted by Gasteiger charge is 2.03. The van der Waals surface area contributed by atoms with Gasteiger partial charge in [-0.3, -0.25) is 0 Å². The van der Waals surface area contributed by atoms with Crippen LogP contribution in [0.5, 0.6) is 0 Å². The first-order valence-corrected chi connectivity index (χ1v) is 5.73. The summed E-state index contributed by atoms with van der Waals surface area (Å²) in [6.07, 6.45) is 1.12. The topological polar surface area (TPSA) is 39.1 Å². The summed E-state index contributed by atoms with van der Waals surface area (Å²) in [6, 6.07) is 7.86. The molecule has 0 aliphatic carbocycles. The molecule has 86 valence electrons. The minimum Gasteiger partial charge on any atom is -0.319 e. The Morgan fingerprint density at radius 1 is 1.38 bits per heavy atom. The molecule has 0 bridgehead atoms. The minimum absolute atomic E-state index is 0.710. The van der Waals surface area contributed by atoms with Gasteiger partial charge in [0.1, 0.15) is 0 Å². The van der Waals surface area contributed by atoms with E-state index in [1.54, 1.807) is 0 Å². The van der Waals surface area contributed by atoms with Crippen LogP contribution in [-0.2, 0) is 0 Å². The quantitative estimate of drug-likeness (QED) is 0.771. The van der Waals surface area contributed by atoms with Crippen molar-refractivity contribution < 1.29 is 0 Å². The molecule has 0 unspecified atom stereocenters. The third-order valence-electron chi connectivity index (χ3n) is 2.51. The third kappa shape index (κ3) is 3.25. The lowest BCUT2D eigenvalue weighted by molar-refractivity contribution is 0.347. The number of nitriles is 1. The van der Waals surface area contributed by atoms with E-state index in [1.165, 1.54) is 0 Å². The van der Waals surface area contributed by atoms with Crippen molar-refractivity contribution >= 4 is 5.69 Å². The minimum atomic E-state index is 0.710. The zero-order chi connectivity index (χ0) is 12.0. The van der Waals surface area contributed by atoms with Gasteiger partial charge in [0, 0.05) is 13.1 Å². The van der Waals surface area contributed by atoms with E-state index in [-0.39, 0.29) is 0 Å². The van der Waals surface area contributed by atoms with Crippen molar-refractivity contribution in [1.29, 1.82) is 5.26 Å². The van der Waals surface area contributed by atoms with E-state index in [0.717, 1.165) is 30.8 Å². The van der Waals surface area contributed by atoms with Gasteiger partial charge in [0.05, 0.1) is 17.3 Å². The van der Waals surface area contributed by atoms with E-state index in [0.29, 0.717) is 5.56 Å². The molecular formula is C13H19N3. The van der Waals surface area contributed by atoms with Crippen LogP contribution in [0.25, 0.3) is 0 Å². The second kappa shape index (κ2) is 6.14. The standard InChI is InChI=1S/C13H19N3/c1-4-8-16(5-2)15-13-7-6-12(10-14)9-11(13)3/h6-7,9,15H,4-5,8H2,1-3H3. The molecule has 3 nitrogen and oxygen atoms in total.